The molecule has 104 valence electrons. The maximum Gasteiger partial charge on any atom is 0.176 e. The number of hydrogen-bond donors (Lipinski definition) is 1. The molecule has 0 bridgehead atoms. The monoisotopic (exact) mass is 261 g/mol. The zero-order valence-corrected chi connectivity index (χ0v) is 12.5. The van der Waals surface area contributed by atoms with Crippen LogP contribution in [0.1, 0.15) is 39.0 Å². The van der Waals surface area contributed by atoms with Gasteiger partial charge in [-0.05, 0) is 46.2 Å². The van der Waals surface area contributed by atoms with Crippen LogP contribution in [0, 0.1) is 6.92 Å². The summed E-state index contributed by atoms with van der Waals surface area (Å²) in [6.45, 7) is 11.9. The second-order valence-corrected chi connectivity index (χ2v) is 5.82. The molecule has 0 aliphatic carbocycles. The van der Waals surface area contributed by atoms with E-state index in [1.807, 2.05) is 19.1 Å². The van der Waals surface area contributed by atoms with Crippen LogP contribution in [-0.4, -0.2) is 12.1 Å². The minimum absolute atomic E-state index is 0.0775. The molecule has 1 N–H and O–H groups in total. The molecule has 1 aromatic carbocycles. The minimum atomic E-state index is 0.0775. The van der Waals surface area contributed by atoms with Crippen molar-refractivity contribution < 1.29 is 9.15 Å². The summed E-state index contributed by atoms with van der Waals surface area (Å²) in [6, 6.07) is 6.05. The molecule has 2 aromatic rings. The number of para-hydroxylation sites is 1. The summed E-state index contributed by atoms with van der Waals surface area (Å²) < 4.78 is 11.6. The lowest BCUT2D eigenvalue weighted by Crippen LogP contribution is -2.35. The van der Waals surface area contributed by atoms with Gasteiger partial charge in [-0.3, -0.25) is 0 Å². The molecule has 0 saturated carbocycles. The largest absolute Gasteiger partial charge is 0.490 e. The number of hydrogen-bond acceptors (Lipinski definition) is 3. The lowest BCUT2D eigenvalue weighted by atomic mass is 10.1. The van der Waals surface area contributed by atoms with Gasteiger partial charge in [-0.2, -0.15) is 0 Å². The fraction of sp³-hybridized carbons (Fsp3) is 0.500. The number of rotatable bonds is 4. The van der Waals surface area contributed by atoms with E-state index in [-0.39, 0.29) is 5.54 Å². The third-order valence-electron chi connectivity index (χ3n) is 3.11. The van der Waals surface area contributed by atoms with E-state index in [9.17, 15) is 0 Å². The third-order valence-corrected chi connectivity index (χ3v) is 3.11. The molecule has 0 spiro atoms. The van der Waals surface area contributed by atoms with Gasteiger partial charge < -0.3 is 14.5 Å². The predicted octanol–water partition coefficient (Wildman–Crippen LogP) is 4.03. The van der Waals surface area contributed by atoms with Crippen molar-refractivity contribution in [2.24, 2.45) is 0 Å². The Morgan fingerprint density at radius 2 is 2.00 bits per heavy atom. The number of ether oxygens (including phenoxy) is 1. The SMILES string of the molecule is CCOc1cccc2c(C)c(CNC(C)(C)C)oc12. The molecule has 1 heterocycles. The Bertz CT molecular complexity index is 564. The summed E-state index contributed by atoms with van der Waals surface area (Å²) in [5, 5.41) is 4.59. The fourth-order valence-electron chi connectivity index (χ4n) is 2.05. The molecule has 0 radical (unpaired) electrons. The maximum atomic E-state index is 5.99. The summed E-state index contributed by atoms with van der Waals surface area (Å²) in [6.07, 6.45) is 0. The number of furan rings is 1. The second-order valence-electron chi connectivity index (χ2n) is 5.82. The van der Waals surface area contributed by atoms with Gasteiger partial charge in [0, 0.05) is 10.9 Å². The summed E-state index contributed by atoms with van der Waals surface area (Å²) in [4.78, 5) is 0. The molecule has 0 aliphatic heterocycles. The standard InChI is InChI=1S/C16H23NO2/c1-6-18-13-9-7-8-12-11(2)14(19-15(12)13)10-17-16(3,4)5/h7-9,17H,6,10H2,1-5H3. The van der Waals surface area contributed by atoms with Crippen molar-refractivity contribution in [3.63, 3.8) is 0 Å². The lowest BCUT2D eigenvalue weighted by molar-refractivity contribution is 0.335. The maximum absolute atomic E-state index is 5.99. The summed E-state index contributed by atoms with van der Waals surface area (Å²) in [5.74, 6) is 1.81. The Balaban J connectivity index is 2.36. The van der Waals surface area contributed by atoms with E-state index < -0.39 is 0 Å². The predicted molar refractivity (Wildman–Crippen MR) is 78.7 cm³/mol. The molecule has 0 unspecified atom stereocenters. The van der Waals surface area contributed by atoms with Crippen molar-refractivity contribution in [3.8, 4) is 5.75 Å². The van der Waals surface area contributed by atoms with Gasteiger partial charge in [0.05, 0.1) is 13.2 Å². The van der Waals surface area contributed by atoms with Gasteiger partial charge in [0.15, 0.2) is 11.3 Å². The number of nitrogens with one attached hydrogen (secondary N) is 1. The van der Waals surface area contributed by atoms with Crippen LogP contribution in [-0.2, 0) is 6.54 Å². The molecule has 2 rings (SSSR count). The molecule has 1 aromatic heterocycles. The molecule has 19 heavy (non-hydrogen) atoms. The number of aryl methyl sites for hydroxylation is 1. The highest BCUT2D eigenvalue weighted by Crippen LogP contribution is 2.32. The van der Waals surface area contributed by atoms with Gasteiger partial charge in [0.1, 0.15) is 5.76 Å². The van der Waals surface area contributed by atoms with Crippen LogP contribution in [0.25, 0.3) is 11.0 Å². The highest BCUT2D eigenvalue weighted by Gasteiger charge is 2.16. The first-order valence-corrected chi connectivity index (χ1v) is 6.81. The number of fused-ring (bicyclic) bond motifs is 1. The number of benzene rings is 1. The quantitative estimate of drug-likeness (QED) is 0.902. The first-order valence-electron chi connectivity index (χ1n) is 6.81. The molecule has 0 amide bonds. The van der Waals surface area contributed by atoms with E-state index in [1.54, 1.807) is 0 Å². The van der Waals surface area contributed by atoms with Crippen molar-refractivity contribution >= 4 is 11.0 Å². The van der Waals surface area contributed by atoms with Crippen LogP contribution < -0.4 is 10.1 Å². The van der Waals surface area contributed by atoms with Crippen LogP contribution in [0.15, 0.2) is 22.6 Å². The Labute approximate surface area is 114 Å². The van der Waals surface area contributed by atoms with E-state index >= 15 is 0 Å². The van der Waals surface area contributed by atoms with Gasteiger partial charge in [0.2, 0.25) is 0 Å². The average molecular weight is 261 g/mol. The third kappa shape index (κ3) is 3.10. The molecule has 0 aliphatic rings. The first kappa shape index (κ1) is 13.9. The van der Waals surface area contributed by atoms with Crippen LogP contribution >= 0.6 is 0 Å². The van der Waals surface area contributed by atoms with Gasteiger partial charge >= 0.3 is 0 Å². The van der Waals surface area contributed by atoms with Crippen molar-refractivity contribution in [2.45, 2.75) is 46.7 Å². The molecular weight excluding hydrogens is 238 g/mol. The first-order chi connectivity index (χ1) is 8.92. The van der Waals surface area contributed by atoms with E-state index in [2.05, 4.69) is 39.1 Å². The Morgan fingerprint density at radius 1 is 1.26 bits per heavy atom. The Morgan fingerprint density at radius 3 is 2.63 bits per heavy atom. The highest BCUT2D eigenvalue weighted by atomic mass is 16.5. The van der Waals surface area contributed by atoms with Crippen molar-refractivity contribution in [2.75, 3.05) is 6.61 Å². The van der Waals surface area contributed by atoms with Crippen LogP contribution in [0.2, 0.25) is 0 Å². The second kappa shape index (κ2) is 5.25. The van der Waals surface area contributed by atoms with Crippen molar-refractivity contribution in [1.29, 1.82) is 0 Å². The summed E-state index contributed by atoms with van der Waals surface area (Å²) >= 11 is 0. The molecule has 0 fully saturated rings. The van der Waals surface area contributed by atoms with Gasteiger partial charge in [0.25, 0.3) is 0 Å². The Hall–Kier alpha value is -1.48. The molecule has 3 heteroatoms. The van der Waals surface area contributed by atoms with E-state index in [4.69, 9.17) is 9.15 Å². The molecular formula is C16H23NO2. The smallest absolute Gasteiger partial charge is 0.176 e. The van der Waals surface area contributed by atoms with E-state index in [0.29, 0.717) is 6.61 Å². The minimum Gasteiger partial charge on any atom is -0.490 e. The van der Waals surface area contributed by atoms with Gasteiger partial charge in [-0.25, -0.2) is 0 Å². The van der Waals surface area contributed by atoms with Crippen molar-refractivity contribution in [3.05, 3.63) is 29.5 Å². The Kier molecular flexibility index (Phi) is 3.85. The van der Waals surface area contributed by atoms with Crippen molar-refractivity contribution in [1.82, 2.24) is 5.32 Å². The average Bonchev–Trinajstić information content (AvgIpc) is 2.65. The molecule has 3 nitrogen and oxygen atoms in total. The zero-order valence-electron chi connectivity index (χ0n) is 12.5. The van der Waals surface area contributed by atoms with Gasteiger partial charge in [-0.1, -0.05) is 12.1 Å². The zero-order chi connectivity index (χ0) is 14.0. The highest BCUT2D eigenvalue weighted by molar-refractivity contribution is 5.87. The molecule has 0 atom stereocenters. The van der Waals surface area contributed by atoms with Crippen LogP contribution in [0.3, 0.4) is 0 Å². The lowest BCUT2D eigenvalue weighted by Gasteiger charge is -2.19. The van der Waals surface area contributed by atoms with Crippen LogP contribution in [0.4, 0.5) is 0 Å². The van der Waals surface area contributed by atoms with Gasteiger partial charge in [-0.15, -0.1) is 0 Å². The van der Waals surface area contributed by atoms with E-state index in [1.165, 1.54) is 5.56 Å². The topological polar surface area (TPSA) is 34.4 Å². The normalized spacial score (nSPS) is 12.1. The molecule has 0 saturated heterocycles. The fourth-order valence-corrected chi connectivity index (χ4v) is 2.05. The summed E-state index contributed by atoms with van der Waals surface area (Å²) in [5.41, 5.74) is 2.12. The summed E-state index contributed by atoms with van der Waals surface area (Å²) in [7, 11) is 0. The van der Waals surface area contributed by atoms with Crippen LogP contribution in [0.5, 0.6) is 5.75 Å². The van der Waals surface area contributed by atoms with E-state index in [0.717, 1.165) is 29.0 Å².